The van der Waals surface area contributed by atoms with Crippen molar-refractivity contribution in [3.05, 3.63) is 28.5 Å². The highest BCUT2D eigenvalue weighted by atomic mass is 79.9. The van der Waals surface area contributed by atoms with Gasteiger partial charge in [-0.05, 0) is 40.8 Å². The number of nitrogens with zero attached hydrogens (tertiary/aromatic N) is 1. The van der Waals surface area contributed by atoms with E-state index in [-0.39, 0.29) is 11.9 Å². The number of aromatic nitrogens is 1. The summed E-state index contributed by atoms with van der Waals surface area (Å²) < 4.78 is 0.798. The standard InChI is InChI=1S/C11H14BrN3O/c12-9-3-8(4-14-5-9)11(16)15-6-10(13)7-1-2-7/h3-5,7,10H,1-2,6,13H2,(H,15,16). The molecule has 0 spiro atoms. The van der Waals surface area contributed by atoms with Gasteiger partial charge in [-0.15, -0.1) is 0 Å². The number of carbonyl (C=O) groups is 1. The number of hydrogen-bond donors (Lipinski definition) is 2. The van der Waals surface area contributed by atoms with Gasteiger partial charge in [-0.25, -0.2) is 0 Å². The van der Waals surface area contributed by atoms with Gasteiger partial charge in [0.25, 0.3) is 5.91 Å². The van der Waals surface area contributed by atoms with E-state index >= 15 is 0 Å². The number of rotatable bonds is 4. The van der Waals surface area contributed by atoms with E-state index in [4.69, 9.17) is 5.73 Å². The minimum atomic E-state index is -0.120. The van der Waals surface area contributed by atoms with Crippen LogP contribution in [0.4, 0.5) is 0 Å². The Balaban J connectivity index is 1.87. The van der Waals surface area contributed by atoms with E-state index in [1.54, 1.807) is 18.5 Å². The maximum absolute atomic E-state index is 11.7. The first-order chi connectivity index (χ1) is 7.66. The second-order valence-corrected chi connectivity index (χ2v) is 5.02. The van der Waals surface area contributed by atoms with Crippen molar-refractivity contribution in [2.75, 3.05) is 6.54 Å². The summed E-state index contributed by atoms with van der Waals surface area (Å²) >= 11 is 3.28. The highest BCUT2D eigenvalue weighted by molar-refractivity contribution is 9.10. The van der Waals surface area contributed by atoms with E-state index in [1.165, 1.54) is 12.8 Å². The zero-order chi connectivity index (χ0) is 11.5. The van der Waals surface area contributed by atoms with Gasteiger partial charge in [-0.3, -0.25) is 9.78 Å². The summed E-state index contributed by atoms with van der Waals surface area (Å²) in [6.07, 6.45) is 5.57. The summed E-state index contributed by atoms with van der Waals surface area (Å²) in [6, 6.07) is 1.83. The molecular weight excluding hydrogens is 270 g/mol. The topological polar surface area (TPSA) is 68.0 Å². The van der Waals surface area contributed by atoms with Gasteiger partial charge in [0.2, 0.25) is 0 Å². The first kappa shape index (κ1) is 11.5. The minimum absolute atomic E-state index is 0.0871. The lowest BCUT2D eigenvalue weighted by molar-refractivity contribution is 0.0950. The van der Waals surface area contributed by atoms with Crippen molar-refractivity contribution in [1.29, 1.82) is 0 Å². The van der Waals surface area contributed by atoms with Crippen LogP contribution in [0.1, 0.15) is 23.2 Å². The van der Waals surface area contributed by atoms with Crippen molar-refractivity contribution in [2.45, 2.75) is 18.9 Å². The van der Waals surface area contributed by atoms with Crippen molar-refractivity contribution in [3.63, 3.8) is 0 Å². The average molecular weight is 284 g/mol. The van der Waals surface area contributed by atoms with Gasteiger partial charge in [0.1, 0.15) is 0 Å². The first-order valence-electron chi connectivity index (χ1n) is 5.31. The zero-order valence-corrected chi connectivity index (χ0v) is 10.4. The molecular formula is C11H14BrN3O. The monoisotopic (exact) mass is 283 g/mol. The maximum Gasteiger partial charge on any atom is 0.252 e. The van der Waals surface area contributed by atoms with Crippen LogP contribution in [0.5, 0.6) is 0 Å². The highest BCUT2D eigenvalue weighted by Gasteiger charge is 2.28. The van der Waals surface area contributed by atoms with Crippen LogP contribution in [0.3, 0.4) is 0 Å². The first-order valence-corrected chi connectivity index (χ1v) is 6.10. The SMILES string of the molecule is NC(CNC(=O)c1cncc(Br)c1)C1CC1. The van der Waals surface area contributed by atoms with Gasteiger partial charge < -0.3 is 11.1 Å². The highest BCUT2D eigenvalue weighted by Crippen LogP contribution is 2.31. The lowest BCUT2D eigenvalue weighted by atomic mass is 10.2. The predicted molar refractivity (Wildman–Crippen MR) is 65.0 cm³/mol. The van der Waals surface area contributed by atoms with E-state index < -0.39 is 0 Å². The van der Waals surface area contributed by atoms with Crippen molar-refractivity contribution >= 4 is 21.8 Å². The molecule has 1 aliphatic rings. The Morgan fingerprint density at radius 3 is 3.00 bits per heavy atom. The van der Waals surface area contributed by atoms with Crippen LogP contribution in [-0.4, -0.2) is 23.5 Å². The number of halogens is 1. The van der Waals surface area contributed by atoms with Crippen LogP contribution < -0.4 is 11.1 Å². The molecule has 1 aromatic heterocycles. The number of pyridine rings is 1. The molecule has 5 heteroatoms. The molecule has 0 aromatic carbocycles. The van der Waals surface area contributed by atoms with Crippen molar-refractivity contribution in [1.82, 2.24) is 10.3 Å². The molecule has 0 saturated heterocycles. The predicted octanol–water partition coefficient (Wildman–Crippen LogP) is 1.31. The Morgan fingerprint density at radius 2 is 2.38 bits per heavy atom. The summed E-state index contributed by atoms with van der Waals surface area (Å²) in [4.78, 5) is 15.7. The van der Waals surface area contributed by atoms with E-state index in [0.717, 1.165) is 4.47 Å². The van der Waals surface area contributed by atoms with Gasteiger partial charge >= 0.3 is 0 Å². The molecule has 1 unspecified atom stereocenters. The summed E-state index contributed by atoms with van der Waals surface area (Å²) in [6.45, 7) is 0.538. The van der Waals surface area contributed by atoms with Gasteiger partial charge in [-0.2, -0.15) is 0 Å². The molecule has 1 atom stereocenters. The molecule has 3 N–H and O–H groups in total. The Hall–Kier alpha value is -0.940. The van der Waals surface area contributed by atoms with Crippen molar-refractivity contribution in [2.24, 2.45) is 11.7 Å². The van der Waals surface area contributed by atoms with Crippen LogP contribution in [0.15, 0.2) is 22.9 Å². The van der Waals surface area contributed by atoms with E-state index in [9.17, 15) is 4.79 Å². The number of amides is 1. The largest absolute Gasteiger partial charge is 0.350 e. The molecule has 1 fully saturated rings. The van der Waals surface area contributed by atoms with Crippen molar-refractivity contribution in [3.8, 4) is 0 Å². The molecule has 0 radical (unpaired) electrons. The van der Waals surface area contributed by atoms with Crippen LogP contribution in [-0.2, 0) is 0 Å². The normalized spacial score (nSPS) is 16.9. The second-order valence-electron chi connectivity index (χ2n) is 4.10. The van der Waals surface area contributed by atoms with Crippen LogP contribution in [0.25, 0.3) is 0 Å². The lowest BCUT2D eigenvalue weighted by Gasteiger charge is -2.11. The fraction of sp³-hybridized carbons (Fsp3) is 0.455. The minimum Gasteiger partial charge on any atom is -0.350 e. The third-order valence-corrected chi connectivity index (χ3v) is 3.13. The summed E-state index contributed by atoms with van der Waals surface area (Å²) in [7, 11) is 0. The Kier molecular flexibility index (Phi) is 3.56. The molecule has 1 saturated carbocycles. The van der Waals surface area contributed by atoms with Crippen molar-refractivity contribution < 1.29 is 4.79 Å². The molecule has 4 nitrogen and oxygen atoms in total. The molecule has 1 aliphatic carbocycles. The van der Waals surface area contributed by atoms with Gasteiger partial charge in [0.05, 0.1) is 5.56 Å². The average Bonchev–Trinajstić information content (AvgIpc) is 3.09. The second kappa shape index (κ2) is 4.93. The van der Waals surface area contributed by atoms with Gasteiger partial charge in [0, 0.05) is 29.5 Å². The van der Waals surface area contributed by atoms with Crippen LogP contribution >= 0.6 is 15.9 Å². The summed E-state index contributed by atoms with van der Waals surface area (Å²) in [5.41, 5.74) is 6.45. The molecule has 1 aromatic rings. The molecule has 86 valence electrons. The van der Waals surface area contributed by atoms with Gasteiger partial charge in [0.15, 0.2) is 0 Å². The molecule has 1 amide bonds. The Morgan fingerprint density at radius 1 is 1.62 bits per heavy atom. The number of carbonyl (C=O) groups excluding carboxylic acids is 1. The fourth-order valence-electron chi connectivity index (χ4n) is 1.54. The van der Waals surface area contributed by atoms with Crippen LogP contribution in [0.2, 0.25) is 0 Å². The molecule has 0 aliphatic heterocycles. The lowest BCUT2D eigenvalue weighted by Crippen LogP contribution is -2.38. The van der Waals surface area contributed by atoms with E-state index in [2.05, 4.69) is 26.2 Å². The Labute approximate surface area is 103 Å². The molecule has 16 heavy (non-hydrogen) atoms. The summed E-state index contributed by atoms with van der Waals surface area (Å²) in [5, 5.41) is 2.82. The van der Waals surface area contributed by atoms with Gasteiger partial charge in [-0.1, -0.05) is 0 Å². The number of nitrogens with two attached hydrogens (primary N) is 1. The quantitative estimate of drug-likeness (QED) is 0.876. The third-order valence-electron chi connectivity index (χ3n) is 2.69. The molecule has 1 heterocycles. The maximum atomic E-state index is 11.7. The zero-order valence-electron chi connectivity index (χ0n) is 8.82. The smallest absolute Gasteiger partial charge is 0.252 e. The fourth-order valence-corrected chi connectivity index (χ4v) is 1.90. The third kappa shape index (κ3) is 3.02. The number of nitrogens with one attached hydrogen (secondary N) is 1. The van der Waals surface area contributed by atoms with Crippen LogP contribution in [0, 0.1) is 5.92 Å². The number of hydrogen-bond acceptors (Lipinski definition) is 3. The summed E-state index contributed by atoms with van der Waals surface area (Å²) in [5.74, 6) is 0.478. The molecule has 2 rings (SSSR count). The van der Waals surface area contributed by atoms with E-state index in [0.29, 0.717) is 18.0 Å². The molecule has 0 bridgehead atoms. The van der Waals surface area contributed by atoms with E-state index in [1.807, 2.05) is 0 Å². The Bertz CT molecular complexity index is 393.